The Balaban J connectivity index is 1.49. The van der Waals surface area contributed by atoms with E-state index in [-0.39, 0.29) is 17.1 Å². The number of allylic oxidation sites excluding steroid dienone is 1. The number of fused-ring (bicyclic) bond motifs is 2. The summed E-state index contributed by atoms with van der Waals surface area (Å²) in [4.78, 5) is 31.2. The Morgan fingerprint density at radius 3 is 2.48 bits per heavy atom. The van der Waals surface area contributed by atoms with Crippen molar-refractivity contribution in [1.29, 1.82) is 0 Å². The lowest BCUT2D eigenvalue weighted by Gasteiger charge is -2.25. The van der Waals surface area contributed by atoms with Crippen LogP contribution in [-0.4, -0.2) is 21.1 Å². The molecule has 0 amide bonds. The van der Waals surface area contributed by atoms with Crippen LogP contribution in [-0.2, 0) is 0 Å². The third-order valence-electron chi connectivity index (χ3n) is 6.83. The van der Waals surface area contributed by atoms with Gasteiger partial charge in [0.2, 0.25) is 0 Å². The zero-order chi connectivity index (χ0) is 22.5. The van der Waals surface area contributed by atoms with Crippen LogP contribution in [0.2, 0.25) is 0 Å². The molecule has 2 aliphatic rings. The number of thiazole rings is 1. The van der Waals surface area contributed by atoms with Crippen LogP contribution in [0.15, 0.2) is 60.2 Å². The van der Waals surface area contributed by atoms with Gasteiger partial charge in [0.15, 0.2) is 17.2 Å². The lowest BCUT2D eigenvalue weighted by molar-refractivity contribution is 0.0990. The normalized spacial score (nSPS) is 17.9. The summed E-state index contributed by atoms with van der Waals surface area (Å²) < 4.78 is 3.39. The van der Waals surface area contributed by atoms with Gasteiger partial charge in [0.1, 0.15) is 5.01 Å². The standard InChI is InChI=1S/C28H24N2O2S/c1-17-12-13-21-22(14-17)26(32)23(25(21)31)15-20-16-24-27(30(20)19-10-6-3-7-11-19)29-28(33-24)18-8-4-2-5-9-18/h2,4-5,8-9,12-16,19H,3,6-7,10-11H2,1H3/b23-15-. The molecular formula is C28H24N2O2S. The van der Waals surface area contributed by atoms with Gasteiger partial charge in [0.25, 0.3) is 0 Å². The zero-order valence-corrected chi connectivity index (χ0v) is 19.3. The van der Waals surface area contributed by atoms with Crippen LogP contribution in [0.5, 0.6) is 0 Å². The molecule has 0 unspecified atom stereocenters. The van der Waals surface area contributed by atoms with Gasteiger partial charge < -0.3 is 4.57 Å². The number of aromatic nitrogens is 2. The number of aryl methyl sites for hydroxylation is 1. The number of ketones is 2. The van der Waals surface area contributed by atoms with E-state index in [0.29, 0.717) is 17.2 Å². The first-order chi connectivity index (χ1) is 16.1. The summed E-state index contributed by atoms with van der Waals surface area (Å²) in [6, 6.07) is 18.2. The third-order valence-corrected chi connectivity index (χ3v) is 7.87. The monoisotopic (exact) mass is 452 g/mol. The Morgan fingerprint density at radius 2 is 1.70 bits per heavy atom. The highest BCUT2D eigenvalue weighted by atomic mass is 32.1. The molecule has 0 radical (unpaired) electrons. The van der Waals surface area contributed by atoms with Crippen LogP contribution < -0.4 is 0 Å². The largest absolute Gasteiger partial charge is 0.322 e. The number of nitrogens with zero attached hydrogens (tertiary/aromatic N) is 2. The minimum Gasteiger partial charge on any atom is -0.322 e. The Kier molecular flexibility index (Phi) is 4.88. The van der Waals surface area contributed by atoms with E-state index >= 15 is 0 Å². The molecule has 5 heteroatoms. The first-order valence-electron chi connectivity index (χ1n) is 11.6. The van der Waals surface area contributed by atoms with E-state index in [0.717, 1.165) is 45.0 Å². The molecule has 6 rings (SSSR count). The Morgan fingerprint density at radius 1 is 0.939 bits per heavy atom. The van der Waals surface area contributed by atoms with Crippen LogP contribution in [0, 0.1) is 6.92 Å². The van der Waals surface area contributed by atoms with Gasteiger partial charge in [-0.05, 0) is 38.0 Å². The van der Waals surface area contributed by atoms with Crippen LogP contribution in [0.4, 0.5) is 0 Å². The van der Waals surface area contributed by atoms with Crippen molar-refractivity contribution in [2.45, 2.75) is 45.1 Å². The smallest absolute Gasteiger partial charge is 0.197 e. The lowest BCUT2D eigenvalue weighted by atomic mass is 9.95. The molecule has 2 aromatic carbocycles. The van der Waals surface area contributed by atoms with Crippen LogP contribution in [0.1, 0.15) is 70.1 Å². The number of carbonyl (C=O) groups is 2. The van der Waals surface area contributed by atoms with Gasteiger partial charge in [-0.2, -0.15) is 0 Å². The highest BCUT2D eigenvalue weighted by molar-refractivity contribution is 7.21. The molecule has 0 atom stereocenters. The summed E-state index contributed by atoms with van der Waals surface area (Å²) in [7, 11) is 0. The van der Waals surface area contributed by atoms with E-state index in [4.69, 9.17) is 4.98 Å². The fourth-order valence-corrected chi connectivity index (χ4v) is 6.18. The fourth-order valence-electron chi connectivity index (χ4n) is 5.17. The first-order valence-corrected chi connectivity index (χ1v) is 12.4. The van der Waals surface area contributed by atoms with E-state index in [2.05, 4.69) is 22.8 Å². The van der Waals surface area contributed by atoms with Crippen molar-refractivity contribution in [3.8, 4) is 10.6 Å². The van der Waals surface area contributed by atoms with Crippen molar-refractivity contribution in [3.05, 3.63) is 82.6 Å². The minimum absolute atomic E-state index is 0.170. The number of hydrogen-bond donors (Lipinski definition) is 0. The number of benzene rings is 2. The molecule has 0 N–H and O–H groups in total. The van der Waals surface area contributed by atoms with Crippen molar-refractivity contribution in [1.82, 2.24) is 9.55 Å². The van der Waals surface area contributed by atoms with Gasteiger partial charge in [0.05, 0.1) is 10.3 Å². The summed E-state index contributed by atoms with van der Waals surface area (Å²) in [5.41, 5.74) is 5.27. The summed E-state index contributed by atoms with van der Waals surface area (Å²) in [5, 5.41) is 1.00. The summed E-state index contributed by atoms with van der Waals surface area (Å²) in [6.07, 6.45) is 7.65. The molecule has 0 spiro atoms. The molecule has 2 heterocycles. The molecule has 4 aromatic rings. The Bertz CT molecular complexity index is 1440. The van der Waals surface area contributed by atoms with Gasteiger partial charge in [0, 0.05) is 28.4 Å². The van der Waals surface area contributed by atoms with Crippen LogP contribution >= 0.6 is 11.3 Å². The van der Waals surface area contributed by atoms with Gasteiger partial charge in [-0.25, -0.2) is 4.98 Å². The summed E-state index contributed by atoms with van der Waals surface area (Å²) in [5.74, 6) is -0.343. The van der Waals surface area contributed by atoms with Gasteiger partial charge in [-0.15, -0.1) is 11.3 Å². The van der Waals surface area contributed by atoms with Gasteiger partial charge in [-0.1, -0.05) is 67.3 Å². The highest BCUT2D eigenvalue weighted by Crippen LogP contribution is 2.39. The molecule has 1 saturated carbocycles. The molecule has 4 nitrogen and oxygen atoms in total. The molecule has 0 bridgehead atoms. The maximum Gasteiger partial charge on any atom is 0.197 e. The average molecular weight is 453 g/mol. The second-order valence-electron chi connectivity index (χ2n) is 9.07. The molecular weight excluding hydrogens is 428 g/mol. The molecule has 2 aliphatic carbocycles. The van der Waals surface area contributed by atoms with E-state index in [1.807, 2.05) is 43.3 Å². The Labute approximate surface area is 196 Å². The van der Waals surface area contributed by atoms with Crippen molar-refractivity contribution in [2.24, 2.45) is 0 Å². The van der Waals surface area contributed by atoms with Crippen molar-refractivity contribution < 1.29 is 9.59 Å². The van der Waals surface area contributed by atoms with Gasteiger partial charge >= 0.3 is 0 Å². The number of carbonyl (C=O) groups excluding carboxylic acids is 2. The quantitative estimate of drug-likeness (QED) is 0.247. The molecule has 0 saturated heterocycles. The second kappa shape index (κ2) is 7.92. The zero-order valence-electron chi connectivity index (χ0n) is 18.5. The summed E-state index contributed by atoms with van der Waals surface area (Å²) in [6.45, 7) is 1.94. The van der Waals surface area contributed by atoms with Crippen molar-refractivity contribution >= 4 is 39.3 Å². The maximum atomic E-state index is 13.1. The molecule has 0 aliphatic heterocycles. The highest BCUT2D eigenvalue weighted by Gasteiger charge is 2.34. The van der Waals surface area contributed by atoms with E-state index in [1.54, 1.807) is 17.4 Å². The van der Waals surface area contributed by atoms with Gasteiger partial charge in [-0.3, -0.25) is 9.59 Å². The molecule has 2 aromatic heterocycles. The van der Waals surface area contributed by atoms with Crippen molar-refractivity contribution in [2.75, 3.05) is 0 Å². The topological polar surface area (TPSA) is 52.0 Å². The van der Waals surface area contributed by atoms with E-state index < -0.39 is 0 Å². The predicted octanol–water partition coefficient (Wildman–Crippen LogP) is 7.04. The first kappa shape index (κ1) is 20.3. The van der Waals surface area contributed by atoms with E-state index in [9.17, 15) is 9.59 Å². The minimum atomic E-state index is -0.173. The Hall–Kier alpha value is -3.31. The third kappa shape index (κ3) is 3.39. The van der Waals surface area contributed by atoms with Crippen LogP contribution in [0.25, 0.3) is 27.0 Å². The maximum absolute atomic E-state index is 13.1. The lowest BCUT2D eigenvalue weighted by Crippen LogP contribution is -2.14. The van der Waals surface area contributed by atoms with Crippen LogP contribution in [0.3, 0.4) is 0 Å². The summed E-state index contributed by atoms with van der Waals surface area (Å²) >= 11 is 1.67. The number of Topliss-reactive ketones (excluding diaryl/α,β-unsaturated/α-hetero) is 2. The molecule has 164 valence electrons. The number of rotatable bonds is 3. The number of hydrogen-bond acceptors (Lipinski definition) is 4. The van der Waals surface area contributed by atoms with Crippen molar-refractivity contribution in [3.63, 3.8) is 0 Å². The fraction of sp³-hybridized carbons (Fsp3) is 0.250. The predicted molar refractivity (Wildman–Crippen MR) is 133 cm³/mol. The SMILES string of the molecule is Cc1ccc2c(c1)C(=O)/C(=C\c1cc3sc(-c4ccccc4)nc3n1C1CCCCC1)C2=O. The molecule has 1 fully saturated rings. The average Bonchev–Trinajstić information content (AvgIpc) is 3.46. The second-order valence-corrected chi connectivity index (χ2v) is 10.1. The van der Waals surface area contributed by atoms with E-state index in [1.165, 1.54) is 19.3 Å². The molecule has 33 heavy (non-hydrogen) atoms.